The van der Waals surface area contributed by atoms with Gasteiger partial charge in [-0.15, -0.1) is 0 Å². The van der Waals surface area contributed by atoms with Crippen LogP contribution in [-0.4, -0.2) is 0 Å². The van der Waals surface area contributed by atoms with Crippen molar-refractivity contribution in [3.05, 3.63) is 40.4 Å². The molecule has 1 rings (SSSR count). The third kappa shape index (κ3) is 2.23. The Kier molecular flexibility index (Phi) is 4.09. The minimum absolute atomic E-state index is 0.880. The van der Waals surface area contributed by atoms with E-state index in [0.717, 1.165) is 15.0 Å². The highest BCUT2D eigenvalue weighted by Crippen LogP contribution is 2.24. The molecule has 1 aromatic carbocycles. The number of halogens is 2. The normalized spacial score (nSPS) is 10.9. The van der Waals surface area contributed by atoms with Crippen LogP contribution in [0.25, 0.3) is 6.08 Å². The molecule has 0 aliphatic rings. The molecule has 0 aromatic heterocycles. The van der Waals surface area contributed by atoms with Crippen LogP contribution in [0.2, 0.25) is 5.02 Å². The number of benzene rings is 1. The molecule has 0 fully saturated rings. The van der Waals surface area contributed by atoms with Gasteiger partial charge in [-0.1, -0.05) is 64.5 Å². The second-order valence-electron chi connectivity index (χ2n) is 2.45. The summed E-state index contributed by atoms with van der Waals surface area (Å²) in [5.74, 6) is 0. The summed E-state index contributed by atoms with van der Waals surface area (Å²) in [6.07, 6.45) is 4.02. The van der Waals surface area contributed by atoms with Crippen molar-refractivity contribution < 1.29 is 0 Å². The number of hydrogen-bond acceptors (Lipinski definition) is 0. The SMILES string of the molecule is C/C=C/c1cccc(CI)c1Cl. The third-order valence-corrected chi connectivity index (χ3v) is 2.88. The fourth-order valence-corrected chi connectivity index (χ4v) is 2.13. The average molecular weight is 293 g/mol. The zero-order valence-corrected chi connectivity index (χ0v) is 9.76. The fraction of sp³-hybridized carbons (Fsp3) is 0.200. The molecular formula is C10H10ClI. The summed E-state index contributed by atoms with van der Waals surface area (Å²) in [4.78, 5) is 0. The van der Waals surface area contributed by atoms with Crippen molar-refractivity contribution in [3.8, 4) is 0 Å². The van der Waals surface area contributed by atoms with E-state index in [-0.39, 0.29) is 0 Å². The molecule has 64 valence electrons. The lowest BCUT2D eigenvalue weighted by Gasteiger charge is -2.02. The van der Waals surface area contributed by atoms with Gasteiger partial charge in [0.25, 0.3) is 0 Å². The Balaban J connectivity index is 3.13. The first-order valence-electron chi connectivity index (χ1n) is 3.75. The molecule has 0 nitrogen and oxygen atoms in total. The smallest absolute Gasteiger partial charge is 0.0518 e. The van der Waals surface area contributed by atoms with E-state index < -0.39 is 0 Å². The highest BCUT2D eigenvalue weighted by Gasteiger charge is 2.00. The van der Waals surface area contributed by atoms with Gasteiger partial charge < -0.3 is 0 Å². The van der Waals surface area contributed by atoms with Crippen LogP contribution in [0.15, 0.2) is 24.3 Å². The molecular weight excluding hydrogens is 282 g/mol. The van der Waals surface area contributed by atoms with Gasteiger partial charge in [-0.25, -0.2) is 0 Å². The van der Waals surface area contributed by atoms with Crippen LogP contribution >= 0.6 is 34.2 Å². The Morgan fingerprint density at radius 2 is 2.25 bits per heavy atom. The highest BCUT2D eigenvalue weighted by atomic mass is 127. The van der Waals surface area contributed by atoms with Gasteiger partial charge in [0, 0.05) is 4.43 Å². The van der Waals surface area contributed by atoms with Gasteiger partial charge in [-0.3, -0.25) is 0 Å². The summed E-state index contributed by atoms with van der Waals surface area (Å²) < 4.78 is 0.960. The van der Waals surface area contributed by atoms with Crippen molar-refractivity contribution in [3.63, 3.8) is 0 Å². The van der Waals surface area contributed by atoms with E-state index >= 15 is 0 Å². The first-order chi connectivity index (χ1) is 5.79. The van der Waals surface area contributed by atoms with E-state index in [1.807, 2.05) is 31.2 Å². The Bertz CT molecular complexity index is 292. The van der Waals surface area contributed by atoms with Gasteiger partial charge in [0.15, 0.2) is 0 Å². The molecule has 0 aliphatic heterocycles. The van der Waals surface area contributed by atoms with E-state index in [1.54, 1.807) is 0 Å². The van der Waals surface area contributed by atoms with Crippen LogP contribution in [0, 0.1) is 0 Å². The van der Waals surface area contributed by atoms with E-state index in [4.69, 9.17) is 11.6 Å². The number of allylic oxidation sites excluding steroid dienone is 1. The lowest BCUT2D eigenvalue weighted by Crippen LogP contribution is -1.82. The molecule has 0 unspecified atom stereocenters. The van der Waals surface area contributed by atoms with Crippen LogP contribution in [-0.2, 0) is 4.43 Å². The van der Waals surface area contributed by atoms with Gasteiger partial charge in [0.05, 0.1) is 5.02 Å². The molecule has 0 amide bonds. The van der Waals surface area contributed by atoms with E-state index in [0.29, 0.717) is 0 Å². The van der Waals surface area contributed by atoms with Crippen molar-refractivity contribution in [2.24, 2.45) is 0 Å². The van der Waals surface area contributed by atoms with Gasteiger partial charge in [-0.05, 0) is 18.1 Å². The zero-order valence-electron chi connectivity index (χ0n) is 6.85. The van der Waals surface area contributed by atoms with Crippen LogP contribution < -0.4 is 0 Å². The van der Waals surface area contributed by atoms with Gasteiger partial charge >= 0.3 is 0 Å². The standard InChI is InChI=1S/C10H10ClI/c1-2-4-8-5-3-6-9(7-12)10(8)11/h2-6H,7H2,1H3/b4-2+. The molecule has 12 heavy (non-hydrogen) atoms. The van der Waals surface area contributed by atoms with Crippen molar-refractivity contribution >= 4 is 40.3 Å². The molecule has 0 spiro atoms. The summed E-state index contributed by atoms with van der Waals surface area (Å²) in [6.45, 7) is 1.99. The van der Waals surface area contributed by atoms with E-state index in [1.165, 1.54) is 5.56 Å². The van der Waals surface area contributed by atoms with Crippen LogP contribution in [0.1, 0.15) is 18.1 Å². The van der Waals surface area contributed by atoms with Gasteiger partial charge in [0.2, 0.25) is 0 Å². The van der Waals surface area contributed by atoms with Gasteiger partial charge in [0.1, 0.15) is 0 Å². The number of alkyl halides is 1. The Labute approximate surface area is 91.8 Å². The van der Waals surface area contributed by atoms with Crippen molar-refractivity contribution in [1.29, 1.82) is 0 Å². The summed E-state index contributed by atoms with van der Waals surface area (Å²) in [6, 6.07) is 6.12. The second kappa shape index (κ2) is 4.87. The summed E-state index contributed by atoms with van der Waals surface area (Å²) >= 11 is 8.45. The molecule has 2 heteroatoms. The van der Waals surface area contributed by atoms with Crippen molar-refractivity contribution in [1.82, 2.24) is 0 Å². The Morgan fingerprint density at radius 3 is 2.83 bits per heavy atom. The predicted molar refractivity (Wildman–Crippen MR) is 63.9 cm³/mol. The van der Waals surface area contributed by atoms with Crippen LogP contribution in [0.3, 0.4) is 0 Å². The molecule has 0 N–H and O–H groups in total. The fourth-order valence-electron chi connectivity index (χ4n) is 1.01. The Morgan fingerprint density at radius 1 is 1.50 bits per heavy atom. The first kappa shape index (κ1) is 10.1. The summed E-state index contributed by atoms with van der Waals surface area (Å²) in [5.41, 5.74) is 2.31. The average Bonchev–Trinajstić information content (AvgIpc) is 2.09. The van der Waals surface area contributed by atoms with Crippen molar-refractivity contribution in [2.75, 3.05) is 0 Å². The lowest BCUT2D eigenvalue weighted by atomic mass is 10.1. The van der Waals surface area contributed by atoms with Crippen molar-refractivity contribution in [2.45, 2.75) is 11.4 Å². The van der Waals surface area contributed by atoms with Crippen LogP contribution in [0.5, 0.6) is 0 Å². The second-order valence-corrected chi connectivity index (χ2v) is 3.59. The largest absolute Gasteiger partial charge is 0.0870 e. The minimum atomic E-state index is 0.880. The van der Waals surface area contributed by atoms with E-state index in [2.05, 4.69) is 28.7 Å². The topological polar surface area (TPSA) is 0 Å². The lowest BCUT2D eigenvalue weighted by molar-refractivity contribution is 1.44. The minimum Gasteiger partial charge on any atom is -0.0870 e. The third-order valence-electron chi connectivity index (χ3n) is 1.60. The Hall–Kier alpha value is -0.0200. The first-order valence-corrected chi connectivity index (χ1v) is 5.66. The van der Waals surface area contributed by atoms with E-state index in [9.17, 15) is 0 Å². The molecule has 0 heterocycles. The molecule has 0 bridgehead atoms. The molecule has 0 aliphatic carbocycles. The zero-order chi connectivity index (χ0) is 8.97. The maximum absolute atomic E-state index is 6.13. The molecule has 0 saturated heterocycles. The highest BCUT2D eigenvalue weighted by molar-refractivity contribution is 14.1. The number of hydrogen-bond donors (Lipinski definition) is 0. The maximum atomic E-state index is 6.13. The number of rotatable bonds is 2. The predicted octanol–water partition coefficient (Wildman–Crippen LogP) is 4.31. The molecule has 0 radical (unpaired) electrons. The van der Waals surface area contributed by atoms with Gasteiger partial charge in [-0.2, -0.15) is 0 Å². The summed E-state index contributed by atoms with van der Waals surface area (Å²) in [7, 11) is 0. The molecule has 0 atom stereocenters. The van der Waals surface area contributed by atoms with Crippen LogP contribution in [0.4, 0.5) is 0 Å². The quantitative estimate of drug-likeness (QED) is 0.563. The molecule has 1 aromatic rings. The molecule has 0 saturated carbocycles. The monoisotopic (exact) mass is 292 g/mol. The summed E-state index contributed by atoms with van der Waals surface area (Å²) in [5, 5.41) is 0.880. The maximum Gasteiger partial charge on any atom is 0.0518 e.